The van der Waals surface area contributed by atoms with Crippen LogP contribution in [0.3, 0.4) is 0 Å². The third-order valence-corrected chi connectivity index (χ3v) is 4.29. The first-order chi connectivity index (χ1) is 5.69. The van der Waals surface area contributed by atoms with Crippen molar-refractivity contribution in [3.05, 3.63) is 5.53 Å². The highest BCUT2D eigenvalue weighted by molar-refractivity contribution is 8.05. The molecule has 0 fully saturated rings. The molecular weight excluding hydrogens is 216 g/mol. The van der Waals surface area contributed by atoms with Crippen LogP contribution in [0.5, 0.6) is 0 Å². The maximum Gasteiger partial charge on any atom is 0.370 e. The fourth-order valence-corrected chi connectivity index (χ4v) is 3.38. The lowest BCUT2D eigenvalue weighted by Crippen LogP contribution is -2.27. The van der Waals surface area contributed by atoms with E-state index in [0.717, 1.165) is 6.26 Å². The summed E-state index contributed by atoms with van der Waals surface area (Å²) in [5.41, 5.74) is 8.33. The van der Waals surface area contributed by atoms with E-state index in [1.165, 1.54) is 6.92 Å². The van der Waals surface area contributed by atoms with Crippen LogP contribution in [0, 0.1) is 0 Å². The minimum absolute atomic E-state index is 0.336. The molecule has 0 N–H and O–H groups in total. The lowest BCUT2D eigenvalue weighted by molar-refractivity contribution is 0.00750. The molecule has 0 saturated heterocycles. The van der Waals surface area contributed by atoms with Crippen LogP contribution in [0.1, 0.15) is 6.92 Å². The highest BCUT2D eigenvalue weighted by Gasteiger charge is 2.26. The lowest BCUT2D eigenvalue weighted by Gasteiger charge is -2.03. The molecule has 0 radical (unpaired) electrons. The van der Waals surface area contributed by atoms with Crippen molar-refractivity contribution in [3.8, 4) is 0 Å². The largest absolute Gasteiger partial charge is 0.370 e. The summed E-state index contributed by atoms with van der Waals surface area (Å²) >= 11 is 0. The molecule has 76 valence electrons. The summed E-state index contributed by atoms with van der Waals surface area (Å²) in [4.78, 5) is 2.35. The van der Waals surface area contributed by atoms with Crippen molar-refractivity contribution in [2.45, 2.75) is 12.2 Å². The topological polar surface area (TPSA) is 105 Å². The first-order valence-corrected chi connectivity index (χ1v) is 6.95. The third kappa shape index (κ3) is 4.76. The van der Waals surface area contributed by atoms with E-state index in [1.54, 1.807) is 0 Å². The van der Waals surface area contributed by atoms with E-state index in [9.17, 15) is 16.8 Å². The Hall–Kier alpha value is -0.720. The quantitative estimate of drug-likeness (QED) is 0.268. The SMILES string of the molecule is CC(CS(C)(=O)=O)S(=O)(=O)C=[N+]=[N-]. The molecule has 0 aromatic heterocycles. The van der Waals surface area contributed by atoms with Crippen molar-refractivity contribution in [1.29, 1.82) is 0 Å². The van der Waals surface area contributed by atoms with Gasteiger partial charge in [0.1, 0.15) is 9.84 Å². The molecule has 0 rings (SSSR count). The predicted molar refractivity (Wildman–Crippen MR) is 47.8 cm³/mol. The molecule has 0 amide bonds. The summed E-state index contributed by atoms with van der Waals surface area (Å²) in [7, 11) is -7.11. The molecule has 0 spiro atoms. The fourth-order valence-electron chi connectivity index (χ4n) is 0.691. The van der Waals surface area contributed by atoms with Gasteiger partial charge in [-0.3, -0.25) is 0 Å². The molecule has 0 aliphatic carbocycles. The highest BCUT2D eigenvalue weighted by Crippen LogP contribution is 2.01. The van der Waals surface area contributed by atoms with Gasteiger partial charge < -0.3 is 5.53 Å². The highest BCUT2D eigenvalue weighted by atomic mass is 32.2. The zero-order chi connectivity index (χ0) is 10.7. The number of hydrogen-bond acceptors (Lipinski definition) is 4. The van der Waals surface area contributed by atoms with Gasteiger partial charge in [-0.05, 0) is 6.92 Å². The Morgan fingerprint density at radius 1 is 1.38 bits per heavy atom. The van der Waals surface area contributed by atoms with Crippen molar-refractivity contribution in [1.82, 2.24) is 0 Å². The van der Waals surface area contributed by atoms with Crippen molar-refractivity contribution < 1.29 is 21.6 Å². The minimum Gasteiger partial charge on any atom is -0.361 e. The van der Waals surface area contributed by atoms with Crippen LogP contribution in [0.2, 0.25) is 0 Å². The molecule has 0 bridgehead atoms. The summed E-state index contributed by atoms with van der Waals surface area (Å²) in [5, 5.41) is -1.10. The maximum atomic E-state index is 11.0. The van der Waals surface area contributed by atoms with E-state index in [4.69, 9.17) is 5.53 Å². The van der Waals surface area contributed by atoms with Crippen molar-refractivity contribution in [2.24, 2.45) is 0 Å². The first kappa shape index (κ1) is 12.3. The van der Waals surface area contributed by atoms with Gasteiger partial charge in [-0.25, -0.2) is 16.8 Å². The molecule has 0 aromatic rings. The Morgan fingerprint density at radius 3 is 2.15 bits per heavy atom. The van der Waals surface area contributed by atoms with Crippen LogP contribution in [-0.4, -0.2) is 44.4 Å². The smallest absolute Gasteiger partial charge is 0.361 e. The van der Waals surface area contributed by atoms with E-state index in [1.807, 2.05) is 0 Å². The lowest BCUT2D eigenvalue weighted by atomic mass is 10.6. The predicted octanol–water partition coefficient (Wildman–Crippen LogP) is -0.908. The monoisotopic (exact) mass is 226 g/mol. The minimum atomic E-state index is -3.76. The van der Waals surface area contributed by atoms with Crippen LogP contribution in [0.4, 0.5) is 0 Å². The maximum absolute atomic E-state index is 11.0. The number of hydrogen-bond donors (Lipinski definition) is 0. The Bertz CT molecular complexity index is 415. The molecule has 0 aliphatic rings. The van der Waals surface area contributed by atoms with Gasteiger partial charge in [0.05, 0.1) is 11.0 Å². The average molecular weight is 226 g/mol. The van der Waals surface area contributed by atoms with Gasteiger partial charge in [0.15, 0.2) is 0 Å². The van der Waals surface area contributed by atoms with E-state index < -0.39 is 30.7 Å². The average Bonchev–Trinajstić information content (AvgIpc) is 1.82. The van der Waals surface area contributed by atoms with E-state index in [2.05, 4.69) is 4.79 Å². The van der Waals surface area contributed by atoms with Crippen LogP contribution in [0.15, 0.2) is 0 Å². The summed E-state index contributed by atoms with van der Waals surface area (Å²) < 4.78 is 43.5. The van der Waals surface area contributed by atoms with E-state index >= 15 is 0 Å². The van der Waals surface area contributed by atoms with E-state index in [0.29, 0.717) is 5.55 Å². The zero-order valence-corrected chi connectivity index (χ0v) is 8.84. The first-order valence-electron chi connectivity index (χ1n) is 3.28. The molecule has 13 heavy (non-hydrogen) atoms. The van der Waals surface area contributed by atoms with Gasteiger partial charge in [-0.1, -0.05) is 0 Å². The molecule has 1 atom stereocenters. The molecule has 8 heteroatoms. The van der Waals surface area contributed by atoms with Gasteiger partial charge in [0.2, 0.25) is 9.84 Å². The molecule has 1 unspecified atom stereocenters. The van der Waals surface area contributed by atoms with E-state index in [-0.39, 0.29) is 0 Å². The van der Waals surface area contributed by atoms with Crippen LogP contribution < -0.4 is 0 Å². The van der Waals surface area contributed by atoms with Crippen LogP contribution >= 0.6 is 0 Å². The van der Waals surface area contributed by atoms with Gasteiger partial charge >= 0.3 is 5.55 Å². The summed E-state index contributed by atoms with van der Waals surface area (Å²) in [6, 6.07) is 0. The Labute approximate surface area is 77.0 Å². The molecule has 0 aliphatic heterocycles. The second-order valence-electron chi connectivity index (χ2n) is 2.71. The Kier molecular flexibility index (Phi) is 3.77. The van der Waals surface area contributed by atoms with Crippen molar-refractivity contribution >= 4 is 25.2 Å². The second kappa shape index (κ2) is 3.99. The van der Waals surface area contributed by atoms with Gasteiger partial charge in [0, 0.05) is 6.26 Å². The third-order valence-electron chi connectivity index (χ3n) is 1.29. The summed E-state index contributed by atoms with van der Waals surface area (Å²) in [5.74, 6) is -0.485. The standard InChI is InChI=1S/C5H10N2O4S2/c1-5(3-12(2,8)9)13(10,11)4-7-6/h4-5H,3H2,1-2H3. The van der Waals surface area contributed by atoms with Crippen LogP contribution in [0.25, 0.3) is 5.53 Å². The number of nitrogens with zero attached hydrogens (tertiary/aromatic N) is 2. The van der Waals surface area contributed by atoms with Gasteiger partial charge in [-0.2, -0.15) is 4.79 Å². The van der Waals surface area contributed by atoms with Crippen LogP contribution in [-0.2, 0) is 19.7 Å². The Balaban J connectivity index is 4.83. The molecule has 0 saturated carbocycles. The summed E-state index contributed by atoms with van der Waals surface area (Å²) in [6.45, 7) is 1.23. The van der Waals surface area contributed by atoms with Crippen molar-refractivity contribution in [2.75, 3.05) is 12.0 Å². The van der Waals surface area contributed by atoms with Gasteiger partial charge in [0.25, 0.3) is 0 Å². The molecule has 0 heterocycles. The second-order valence-corrected chi connectivity index (χ2v) is 7.09. The zero-order valence-electron chi connectivity index (χ0n) is 7.21. The summed E-state index contributed by atoms with van der Waals surface area (Å²) in [6.07, 6.45) is 0.940. The van der Waals surface area contributed by atoms with Gasteiger partial charge in [-0.15, -0.1) is 0 Å². The number of rotatable bonds is 4. The number of sulfone groups is 2. The fraction of sp³-hybridized carbons (Fsp3) is 0.800. The molecular formula is C5H10N2O4S2. The molecule has 0 aromatic carbocycles. The molecule has 6 nitrogen and oxygen atoms in total. The van der Waals surface area contributed by atoms with Crippen molar-refractivity contribution in [3.63, 3.8) is 0 Å². The normalized spacial score (nSPS) is 14.6. The Morgan fingerprint density at radius 2 is 1.85 bits per heavy atom.